The molecule has 2 N–H and O–H groups in total. The Morgan fingerprint density at radius 3 is 2.71 bits per heavy atom. The topological polar surface area (TPSA) is 149 Å². The Balaban J connectivity index is 1.35. The zero-order chi connectivity index (χ0) is 23.7. The number of amides is 2. The van der Waals surface area contributed by atoms with Crippen LogP contribution in [0.3, 0.4) is 0 Å². The molecule has 12 nitrogen and oxygen atoms in total. The summed E-state index contributed by atoms with van der Waals surface area (Å²) < 4.78 is 7.87. The molecule has 0 saturated carbocycles. The van der Waals surface area contributed by atoms with Gasteiger partial charge in [0.25, 0.3) is 11.8 Å². The van der Waals surface area contributed by atoms with E-state index in [9.17, 15) is 14.4 Å². The third kappa shape index (κ3) is 3.99. The molecule has 170 valence electrons. The molecular formula is C22H18N8O4. The maximum atomic E-state index is 12.8. The van der Waals surface area contributed by atoms with Crippen molar-refractivity contribution in [2.24, 2.45) is 7.05 Å². The monoisotopic (exact) mass is 458 g/mol. The lowest BCUT2D eigenvalue weighted by molar-refractivity contribution is 0.0942. The second-order valence-electron chi connectivity index (χ2n) is 7.42. The van der Waals surface area contributed by atoms with Crippen LogP contribution in [0.1, 0.15) is 32.2 Å². The zero-order valence-corrected chi connectivity index (χ0v) is 17.9. The Kier molecular flexibility index (Phi) is 5.30. The number of rotatable bonds is 6. The fraction of sp³-hybridized carbons (Fsp3) is 0.136. The Hall–Kier alpha value is -4.87. The van der Waals surface area contributed by atoms with Gasteiger partial charge < -0.3 is 15.1 Å². The Labute approximate surface area is 191 Å². The van der Waals surface area contributed by atoms with Crippen LogP contribution < -0.4 is 16.4 Å². The average molecular weight is 458 g/mol. The van der Waals surface area contributed by atoms with Crippen LogP contribution in [-0.4, -0.2) is 40.9 Å². The third-order valence-electron chi connectivity index (χ3n) is 5.21. The smallest absolute Gasteiger partial charge is 0.408 e. The van der Waals surface area contributed by atoms with E-state index in [1.54, 1.807) is 43.6 Å². The molecule has 1 aromatic carbocycles. The van der Waals surface area contributed by atoms with Gasteiger partial charge in [0.05, 0.1) is 24.0 Å². The number of nitrogens with one attached hydrogen (secondary N) is 2. The van der Waals surface area contributed by atoms with Gasteiger partial charge in [0.15, 0.2) is 11.2 Å². The summed E-state index contributed by atoms with van der Waals surface area (Å²) in [7, 11) is 1.61. The molecule has 0 radical (unpaired) electrons. The third-order valence-corrected chi connectivity index (χ3v) is 5.21. The molecule has 5 rings (SSSR count). The maximum Gasteiger partial charge on any atom is 0.419 e. The molecule has 12 heteroatoms. The Morgan fingerprint density at radius 2 is 1.88 bits per heavy atom. The second-order valence-corrected chi connectivity index (χ2v) is 7.42. The number of hydrogen-bond donors (Lipinski definition) is 2. The van der Waals surface area contributed by atoms with E-state index in [-0.39, 0.29) is 24.5 Å². The van der Waals surface area contributed by atoms with Crippen molar-refractivity contribution >= 4 is 28.6 Å². The minimum Gasteiger partial charge on any atom is -0.408 e. The van der Waals surface area contributed by atoms with E-state index in [1.165, 1.54) is 27.7 Å². The number of carbonyl (C=O) groups excluding carboxylic acids is 2. The molecule has 0 saturated heterocycles. The van der Waals surface area contributed by atoms with Crippen LogP contribution in [0.25, 0.3) is 16.7 Å². The van der Waals surface area contributed by atoms with Crippen molar-refractivity contribution in [1.29, 1.82) is 0 Å². The summed E-state index contributed by atoms with van der Waals surface area (Å²) in [5.41, 5.74) is 3.08. The molecule has 4 aromatic heterocycles. The highest BCUT2D eigenvalue weighted by Gasteiger charge is 2.18. The number of oxazole rings is 1. The lowest BCUT2D eigenvalue weighted by atomic mass is 10.2. The molecule has 34 heavy (non-hydrogen) atoms. The van der Waals surface area contributed by atoms with Crippen LogP contribution in [0.2, 0.25) is 0 Å². The van der Waals surface area contributed by atoms with Crippen LogP contribution in [-0.2, 0) is 20.1 Å². The summed E-state index contributed by atoms with van der Waals surface area (Å²) in [4.78, 5) is 49.6. The van der Waals surface area contributed by atoms with Crippen LogP contribution in [0.4, 0.5) is 0 Å². The largest absolute Gasteiger partial charge is 0.419 e. The first kappa shape index (κ1) is 21.0. The number of aryl methyl sites for hydroxylation is 1. The van der Waals surface area contributed by atoms with Gasteiger partial charge in [-0.15, -0.1) is 0 Å². The molecule has 4 heterocycles. The highest BCUT2D eigenvalue weighted by molar-refractivity contribution is 5.98. The fourth-order valence-corrected chi connectivity index (χ4v) is 3.43. The van der Waals surface area contributed by atoms with Gasteiger partial charge in [-0.3, -0.25) is 14.2 Å². The van der Waals surface area contributed by atoms with E-state index in [2.05, 4.69) is 30.7 Å². The Morgan fingerprint density at radius 1 is 1.03 bits per heavy atom. The van der Waals surface area contributed by atoms with Gasteiger partial charge in [-0.1, -0.05) is 6.07 Å². The summed E-state index contributed by atoms with van der Waals surface area (Å²) in [6.07, 6.45) is 4.47. The predicted molar refractivity (Wildman–Crippen MR) is 119 cm³/mol. The summed E-state index contributed by atoms with van der Waals surface area (Å²) in [5.74, 6) is -1.36. The number of fused-ring (bicyclic) bond motifs is 2. The number of benzene rings is 1. The lowest BCUT2D eigenvalue weighted by Crippen LogP contribution is -2.28. The van der Waals surface area contributed by atoms with Gasteiger partial charge in [0, 0.05) is 31.9 Å². The first-order chi connectivity index (χ1) is 16.5. The van der Waals surface area contributed by atoms with Crippen LogP contribution in [0, 0.1) is 0 Å². The van der Waals surface area contributed by atoms with Gasteiger partial charge >= 0.3 is 5.76 Å². The Bertz CT molecular complexity index is 1590. The van der Waals surface area contributed by atoms with Gasteiger partial charge in [-0.05, 0) is 23.8 Å². The molecule has 0 aliphatic heterocycles. The van der Waals surface area contributed by atoms with Gasteiger partial charge in [0.1, 0.15) is 17.7 Å². The van der Waals surface area contributed by atoms with Gasteiger partial charge in [-0.25, -0.2) is 24.3 Å². The van der Waals surface area contributed by atoms with Crippen molar-refractivity contribution in [3.05, 3.63) is 88.3 Å². The van der Waals surface area contributed by atoms with Gasteiger partial charge in [0.2, 0.25) is 0 Å². The average Bonchev–Trinajstić information content (AvgIpc) is 3.45. The predicted octanol–water partition coefficient (Wildman–Crippen LogP) is 0.824. The second kappa shape index (κ2) is 8.58. The molecule has 0 atom stereocenters. The quantitative estimate of drug-likeness (QED) is 0.380. The zero-order valence-electron chi connectivity index (χ0n) is 17.9. The normalized spacial score (nSPS) is 11.1. The molecule has 0 spiro atoms. The minimum absolute atomic E-state index is 0.0666. The number of carbonyl (C=O) groups is 2. The molecule has 5 aromatic rings. The molecule has 0 bridgehead atoms. The van der Waals surface area contributed by atoms with Crippen molar-refractivity contribution in [2.45, 2.75) is 13.1 Å². The SMILES string of the molecule is Cn1c(=O)oc2ccc(CNC(=O)c3cc(C(=O)NCc4ccncn4)n4nccc4n3)cc21. The summed E-state index contributed by atoms with van der Waals surface area (Å²) in [6.45, 7) is 0.377. The standard InChI is InChI=1S/C22H18N8O4/c1-29-16-8-13(2-3-18(16)34-22(29)33)10-24-20(31)15-9-17(30-19(28-15)5-7-27-30)21(32)25-11-14-4-6-23-12-26-14/h2-9,12H,10-11H2,1H3,(H,24,31)(H,25,32). The molecular weight excluding hydrogens is 440 g/mol. The van der Waals surface area contributed by atoms with Crippen molar-refractivity contribution in [3.8, 4) is 0 Å². The number of hydrogen-bond acceptors (Lipinski definition) is 8. The van der Waals surface area contributed by atoms with Crippen molar-refractivity contribution in [3.63, 3.8) is 0 Å². The van der Waals surface area contributed by atoms with E-state index in [0.717, 1.165) is 5.56 Å². The highest BCUT2D eigenvalue weighted by Crippen LogP contribution is 2.14. The van der Waals surface area contributed by atoms with Crippen molar-refractivity contribution in [2.75, 3.05) is 0 Å². The van der Waals surface area contributed by atoms with Crippen molar-refractivity contribution < 1.29 is 14.0 Å². The van der Waals surface area contributed by atoms with E-state index in [0.29, 0.717) is 22.4 Å². The van der Waals surface area contributed by atoms with Crippen LogP contribution in [0.15, 0.2) is 64.3 Å². The highest BCUT2D eigenvalue weighted by atomic mass is 16.4. The van der Waals surface area contributed by atoms with E-state index >= 15 is 0 Å². The summed E-state index contributed by atoms with van der Waals surface area (Å²) >= 11 is 0. The van der Waals surface area contributed by atoms with Crippen LogP contribution >= 0.6 is 0 Å². The fourth-order valence-electron chi connectivity index (χ4n) is 3.43. The maximum absolute atomic E-state index is 12.8. The number of nitrogens with zero attached hydrogens (tertiary/aromatic N) is 6. The van der Waals surface area contributed by atoms with Crippen LogP contribution in [0.5, 0.6) is 0 Å². The first-order valence-corrected chi connectivity index (χ1v) is 10.2. The summed E-state index contributed by atoms with van der Waals surface area (Å²) in [5, 5.41) is 9.68. The van der Waals surface area contributed by atoms with Crippen molar-refractivity contribution in [1.82, 2.24) is 39.8 Å². The molecule has 2 amide bonds. The lowest BCUT2D eigenvalue weighted by Gasteiger charge is -2.09. The molecule has 0 aliphatic carbocycles. The molecule has 0 aliphatic rings. The first-order valence-electron chi connectivity index (χ1n) is 10.2. The minimum atomic E-state index is -0.463. The molecule has 0 unspecified atom stereocenters. The number of aromatic nitrogens is 6. The molecule has 0 fully saturated rings. The summed E-state index contributed by atoms with van der Waals surface area (Å²) in [6, 6.07) is 9.87. The van der Waals surface area contributed by atoms with E-state index in [1.807, 2.05) is 0 Å². The van der Waals surface area contributed by atoms with E-state index < -0.39 is 17.6 Å². The van der Waals surface area contributed by atoms with Gasteiger partial charge in [-0.2, -0.15) is 5.10 Å². The van der Waals surface area contributed by atoms with E-state index in [4.69, 9.17) is 4.42 Å².